The summed E-state index contributed by atoms with van der Waals surface area (Å²) >= 11 is 0. The Morgan fingerprint density at radius 3 is 2.59 bits per heavy atom. The lowest BCUT2D eigenvalue weighted by Crippen LogP contribution is -2.36. The molecule has 1 saturated heterocycles. The van der Waals surface area contributed by atoms with Gasteiger partial charge in [-0.05, 0) is 30.4 Å². The molecule has 0 spiro atoms. The molecule has 0 saturated carbocycles. The van der Waals surface area contributed by atoms with Crippen molar-refractivity contribution >= 4 is 0 Å². The Kier molecular flexibility index (Phi) is 7.33. The number of piperidine rings is 1. The lowest BCUT2D eigenvalue weighted by atomic mass is 10.0. The molecular formula is C18H30N2O2. The lowest BCUT2D eigenvalue weighted by molar-refractivity contribution is 0.0791. The van der Waals surface area contributed by atoms with Crippen molar-refractivity contribution in [2.45, 2.75) is 51.4 Å². The molecule has 2 N–H and O–H groups in total. The van der Waals surface area contributed by atoms with Gasteiger partial charge in [0.15, 0.2) is 0 Å². The number of rotatable bonds is 8. The van der Waals surface area contributed by atoms with Crippen LogP contribution in [0.4, 0.5) is 0 Å². The fourth-order valence-electron chi connectivity index (χ4n) is 2.98. The number of aliphatic hydroxyl groups excluding tert-OH is 1. The van der Waals surface area contributed by atoms with Crippen molar-refractivity contribution in [2.75, 3.05) is 26.8 Å². The Morgan fingerprint density at radius 1 is 1.27 bits per heavy atom. The Bertz CT molecular complexity index is 431. The van der Waals surface area contributed by atoms with Crippen LogP contribution in [0.25, 0.3) is 0 Å². The van der Waals surface area contributed by atoms with E-state index in [-0.39, 0.29) is 6.10 Å². The van der Waals surface area contributed by atoms with Crippen LogP contribution in [0.2, 0.25) is 0 Å². The molecule has 1 aromatic carbocycles. The first-order valence-electron chi connectivity index (χ1n) is 8.42. The molecule has 0 aliphatic carbocycles. The van der Waals surface area contributed by atoms with Crippen LogP contribution in [0.5, 0.6) is 0 Å². The molecule has 0 aromatic heterocycles. The zero-order valence-electron chi connectivity index (χ0n) is 13.9. The molecule has 0 radical (unpaired) electrons. The predicted octanol–water partition coefficient (Wildman–Crippen LogP) is 2.16. The number of hydrogen-bond acceptors (Lipinski definition) is 4. The third kappa shape index (κ3) is 5.36. The third-order valence-electron chi connectivity index (χ3n) is 4.51. The summed E-state index contributed by atoms with van der Waals surface area (Å²) in [5, 5.41) is 13.2. The molecule has 1 aliphatic rings. The molecule has 1 aromatic rings. The molecule has 1 aliphatic heterocycles. The summed E-state index contributed by atoms with van der Waals surface area (Å²) in [6, 6.07) is 9.06. The summed E-state index contributed by atoms with van der Waals surface area (Å²) in [6.45, 7) is 6.78. The number of benzene rings is 1. The first-order valence-corrected chi connectivity index (χ1v) is 8.42. The van der Waals surface area contributed by atoms with Crippen LogP contribution in [0.1, 0.15) is 37.3 Å². The van der Waals surface area contributed by atoms with Crippen LogP contribution in [-0.2, 0) is 17.8 Å². The Labute approximate surface area is 134 Å². The van der Waals surface area contributed by atoms with Crippen molar-refractivity contribution in [1.82, 2.24) is 10.2 Å². The smallest absolute Gasteiger partial charge is 0.0615 e. The van der Waals surface area contributed by atoms with E-state index in [4.69, 9.17) is 4.74 Å². The van der Waals surface area contributed by atoms with Gasteiger partial charge in [0.2, 0.25) is 0 Å². The van der Waals surface area contributed by atoms with E-state index < -0.39 is 0 Å². The number of likely N-dealkylation sites (tertiary alicyclic amines) is 1. The monoisotopic (exact) mass is 306 g/mol. The predicted molar refractivity (Wildman–Crippen MR) is 89.8 cm³/mol. The number of nitrogens with one attached hydrogen (secondary N) is 1. The summed E-state index contributed by atoms with van der Waals surface area (Å²) in [5.74, 6) is 0. The van der Waals surface area contributed by atoms with Gasteiger partial charge in [-0.1, -0.05) is 31.2 Å². The zero-order chi connectivity index (χ0) is 15.8. The van der Waals surface area contributed by atoms with Gasteiger partial charge in [0.1, 0.15) is 0 Å². The molecule has 2 rings (SSSR count). The minimum absolute atomic E-state index is 0.104. The van der Waals surface area contributed by atoms with Crippen LogP contribution in [0.3, 0.4) is 0 Å². The Morgan fingerprint density at radius 2 is 1.95 bits per heavy atom. The first kappa shape index (κ1) is 17.4. The molecule has 124 valence electrons. The van der Waals surface area contributed by atoms with Crippen LogP contribution in [0.15, 0.2) is 24.3 Å². The fourth-order valence-corrected chi connectivity index (χ4v) is 2.98. The van der Waals surface area contributed by atoms with Gasteiger partial charge in [-0.25, -0.2) is 0 Å². The third-order valence-corrected chi connectivity index (χ3v) is 4.51. The van der Waals surface area contributed by atoms with E-state index in [1.807, 2.05) is 0 Å². The molecule has 4 nitrogen and oxygen atoms in total. The summed E-state index contributed by atoms with van der Waals surface area (Å²) in [7, 11) is 1.75. The van der Waals surface area contributed by atoms with Crippen molar-refractivity contribution < 1.29 is 9.84 Å². The topological polar surface area (TPSA) is 44.7 Å². The molecule has 0 amide bonds. The summed E-state index contributed by atoms with van der Waals surface area (Å²) in [6.07, 6.45) is 2.76. The highest BCUT2D eigenvalue weighted by Gasteiger charge is 2.17. The SMILES string of the molecule is CCC(COC)NCc1ccccc1CN1CCC(O)CC1. The average molecular weight is 306 g/mol. The molecule has 1 fully saturated rings. The van der Waals surface area contributed by atoms with E-state index >= 15 is 0 Å². The number of nitrogens with zero attached hydrogens (tertiary/aromatic N) is 1. The maximum Gasteiger partial charge on any atom is 0.0615 e. The highest BCUT2D eigenvalue weighted by atomic mass is 16.5. The molecule has 1 heterocycles. The zero-order valence-corrected chi connectivity index (χ0v) is 13.9. The average Bonchev–Trinajstić information content (AvgIpc) is 2.55. The maximum absolute atomic E-state index is 9.62. The quantitative estimate of drug-likeness (QED) is 0.772. The Balaban J connectivity index is 1.91. The van der Waals surface area contributed by atoms with Crippen molar-refractivity contribution in [3.63, 3.8) is 0 Å². The van der Waals surface area contributed by atoms with Gasteiger partial charge in [0, 0.05) is 39.3 Å². The van der Waals surface area contributed by atoms with Gasteiger partial charge < -0.3 is 15.2 Å². The van der Waals surface area contributed by atoms with Gasteiger partial charge in [-0.3, -0.25) is 4.90 Å². The second kappa shape index (κ2) is 9.26. The number of ether oxygens (including phenoxy) is 1. The van der Waals surface area contributed by atoms with Crippen LogP contribution >= 0.6 is 0 Å². The number of aliphatic hydroxyl groups is 1. The maximum atomic E-state index is 9.62. The van der Waals surface area contributed by atoms with Gasteiger partial charge in [0.05, 0.1) is 12.7 Å². The normalized spacial score (nSPS) is 18.5. The second-order valence-corrected chi connectivity index (χ2v) is 6.22. The summed E-state index contributed by atoms with van der Waals surface area (Å²) < 4.78 is 5.25. The second-order valence-electron chi connectivity index (χ2n) is 6.22. The highest BCUT2D eigenvalue weighted by Crippen LogP contribution is 2.16. The Hall–Kier alpha value is -0.940. The van der Waals surface area contributed by atoms with E-state index in [0.29, 0.717) is 6.04 Å². The van der Waals surface area contributed by atoms with Crippen LogP contribution in [-0.4, -0.2) is 49.0 Å². The number of methoxy groups -OCH3 is 1. The van der Waals surface area contributed by atoms with E-state index in [1.54, 1.807) is 7.11 Å². The van der Waals surface area contributed by atoms with Crippen molar-refractivity contribution in [2.24, 2.45) is 0 Å². The minimum Gasteiger partial charge on any atom is -0.393 e. The van der Waals surface area contributed by atoms with Crippen molar-refractivity contribution in [3.8, 4) is 0 Å². The van der Waals surface area contributed by atoms with Crippen molar-refractivity contribution in [3.05, 3.63) is 35.4 Å². The molecular weight excluding hydrogens is 276 g/mol. The minimum atomic E-state index is -0.104. The fraction of sp³-hybridized carbons (Fsp3) is 0.667. The summed E-state index contributed by atoms with van der Waals surface area (Å²) in [5.41, 5.74) is 2.75. The van der Waals surface area contributed by atoms with E-state index in [1.165, 1.54) is 11.1 Å². The van der Waals surface area contributed by atoms with E-state index in [9.17, 15) is 5.11 Å². The van der Waals surface area contributed by atoms with Crippen molar-refractivity contribution in [1.29, 1.82) is 0 Å². The highest BCUT2D eigenvalue weighted by molar-refractivity contribution is 5.27. The number of hydrogen-bond donors (Lipinski definition) is 2. The van der Waals surface area contributed by atoms with E-state index in [2.05, 4.69) is 41.4 Å². The molecule has 4 heteroatoms. The van der Waals surface area contributed by atoms with Crippen LogP contribution in [0, 0.1) is 0 Å². The standard InChI is InChI=1S/C18H30N2O2/c1-3-17(14-22-2)19-12-15-6-4-5-7-16(15)13-20-10-8-18(21)9-11-20/h4-7,17-19,21H,3,8-14H2,1-2H3. The molecule has 1 unspecified atom stereocenters. The van der Waals surface area contributed by atoms with Gasteiger partial charge in [0.25, 0.3) is 0 Å². The molecule has 22 heavy (non-hydrogen) atoms. The van der Waals surface area contributed by atoms with Gasteiger partial charge in [-0.2, -0.15) is 0 Å². The summed E-state index contributed by atoms with van der Waals surface area (Å²) in [4.78, 5) is 2.44. The lowest BCUT2D eigenvalue weighted by Gasteiger charge is -2.30. The van der Waals surface area contributed by atoms with Gasteiger partial charge in [-0.15, -0.1) is 0 Å². The molecule has 0 bridgehead atoms. The molecule has 1 atom stereocenters. The first-order chi connectivity index (χ1) is 10.7. The largest absolute Gasteiger partial charge is 0.393 e. The van der Waals surface area contributed by atoms with Gasteiger partial charge >= 0.3 is 0 Å². The van der Waals surface area contributed by atoms with E-state index in [0.717, 1.165) is 52.0 Å². The van der Waals surface area contributed by atoms with Crippen LogP contribution < -0.4 is 5.32 Å².